The van der Waals surface area contributed by atoms with Crippen LogP contribution in [0, 0.1) is 0 Å². The van der Waals surface area contributed by atoms with Crippen molar-refractivity contribution in [3.8, 4) is 51.5 Å². The average molecular weight is 860 g/mol. The number of ether oxygens (including phenoxy) is 1. The minimum Gasteiger partial charge on any atom is -0.460 e. The van der Waals surface area contributed by atoms with Crippen molar-refractivity contribution in [2.75, 3.05) is 0 Å². The monoisotopic (exact) mass is 859 g/mol. The Morgan fingerprint density at radius 1 is 0.418 bits per heavy atom. The van der Waals surface area contributed by atoms with Gasteiger partial charge in [0.2, 0.25) is 11.9 Å². The highest BCUT2D eigenvalue weighted by Gasteiger charge is 2.49. The maximum atomic E-state index is 6.86. The molecule has 0 radical (unpaired) electrons. The van der Waals surface area contributed by atoms with E-state index in [-0.39, 0.29) is 0 Å². The van der Waals surface area contributed by atoms with E-state index < -0.39 is 5.41 Å². The molecule has 0 spiro atoms. The van der Waals surface area contributed by atoms with E-state index in [4.69, 9.17) is 29.7 Å². The van der Waals surface area contributed by atoms with Crippen molar-refractivity contribution in [1.29, 1.82) is 0 Å². The molecule has 0 saturated heterocycles. The van der Waals surface area contributed by atoms with Crippen LogP contribution in [0.1, 0.15) is 17.7 Å². The Morgan fingerprint density at radius 2 is 0.940 bits per heavy atom. The second kappa shape index (κ2) is 14.5. The van der Waals surface area contributed by atoms with Gasteiger partial charge in [-0.15, -0.1) is 0 Å². The number of fused-ring (bicyclic) bond motifs is 10. The molecule has 12 aromatic rings. The summed E-state index contributed by atoms with van der Waals surface area (Å²) in [5, 5.41) is 5.53. The van der Waals surface area contributed by atoms with Gasteiger partial charge in [0, 0.05) is 43.6 Å². The van der Waals surface area contributed by atoms with Crippen LogP contribution in [0.5, 0.6) is 5.75 Å². The number of nitrogens with zero attached hydrogens (tertiary/aromatic N) is 7. The number of para-hydroxylation sites is 4. The van der Waals surface area contributed by atoms with Gasteiger partial charge in [0.25, 0.3) is 0 Å². The molecular weight excluding hydrogens is 823 g/mol. The highest BCUT2D eigenvalue weighted by Crippen LogP contribution is 2.55. The lowest BCUT2D eigenvalue weighted by Gasteiger charge is -2.31. The van der Waals surface area contributed by atoms with Gasteiger partial charge < -0.3 is 4.74 Å². The summed E-state index contributed by atoms with van der Waals surface area (Å²) in [6, 6.07) is 67.4. The normalized spacial score (nSPS) is 15.3. The summed E-state index contributed by atoms with van der Waals surface area (Å²) in [6.07, 6.45) is 7.12. The van der Waals surface area contributed by atoms with Crippen LogP contribution >= 0.6 is 0 Å². The second-order valence-electron chi connectivity index (χ2n) is 17.2. The van der Waals surface area contributed by atoms with Crippen LogP contribution in [0.4, 0.5) is 0 Å². The van der Waals surface area contributed by atoms with Gasteiger partial charge in [0.15, 0.2) is 11.6 Å². The summed E-state index contributed by atoms with van der Waals surface area (Å²) in [7, 11) is 0. The fourth-order valence-corrected chi connectivity index (χ4v) is 10.5. The van der Waals surface area contributed by atoms with E-state index in [9.17, 15) is 0 Å². The summed E-state index contributed by atoms with van der Waals surface area (Å²) in [6.45, 7) is 0. The minimum absolute atomic E-state index is 0.560. The van der Waals surface area contributed by atoms with Crippen LogP contribution < -0.4 is 4.74 Å². The first-order valence-corrected chi connectivity index (χ1v) is 22.6. The van der Waals surface area contributed by atoms with Crippen molar-refractivity contribution in [3.05, 3.63) is 229 Å². The van der Waals surface area contributed by atoms with Crippen LogP contribution in [0.2, 0.25) is 0 Å². The first kappa shape index (κ1) is 37.4. The lowest BCUT2D eigenvalue weighted by molar-refractivity contribution is 0.387. The number of allylic oxidation sites excluding steroid dienone is 4. The Morgan fingerprint density at radius 3 is 1.60 bits per heavy atom. The Kier molecular flexibility index (Phi) is 8.09. The molecule has 2 aliphatic rings. The van der Waals surface area contributed by atoms with Crippen LogP contribution in [-0.4, -0.2) is 34.1 Å². The average Bonchev–Trinajstić information content (AvgIpc) is 4.04. The van der Waals surface area contributed by atoms with Gasteiger partial charge in [0.05, 0.1) is 33.3 Å². The molecule has 8 aromatic carbocycles. The van der Waals surface area contributed by atoms with Gasteiger partial charge in [-0.25, -0.2) is 15.0 Å². The van der Waals surface area contributed by atoms with Gasteiger partial charge in [-0.3, -0.25) is 9.13 Å². The number of rotatable bonds is 6. The lowest BCUT2D eigenvalue weighted by Crippen LogP contribution is -2.31. The molecule has 0 N–H and O–H groups in total. The number of aromatic nitrogens is 7. The molecule has 314 valence electrons. The predicted octanol–water partition coefficient (Wildman–Crippen LogP) is 13.5. The summed E-state index contributed by atoms with van der Waals surface area (Å²) in [5.41, 5.74) is 10.3. The first-order chi connectivity index (χ1) is 33.2. The van der Waals surface area contributed by atoms with Gasteiger partial charge in [0.1, 0.15) is 16.9 Å². The Balaban J connectivity index is 0.950. The zero-order chi connectivity index (χ0) is 44.1. The first-order valence-electron chi connectivity index (χ1n) is 22.6. The van der Waals surface area contributed by atoms with Crippen molar-refractivity contribution in [3.63, 3.8) is 0 Å². The molecule has 8 nitrogen and oxygen atoms in total. The fraction of sp³-hybridized carbons (Fsp3) is 0.0339. The van der Waals surface area contributed by atoms with E-state index in [1.54, 1.807) is 0 Å². The lowest BCUT2D eigenvalue weighted by atomic mass is 9.71. The highest BCUT2D eigenvalue weighted by atomic mass is 16.5. The van der Waals surface area contributed by atoms with Crippen molar-refractivity contribution >= 4 is 54.5 Å². The van der Waals surface area contributed by atoms with E-state index in [1.807, 2.05) is 60.7 Å². The molecule has 67 heavy (non-hydrogen) atoms. The summed E-state index contributed by atoms with van der Waals surface area (Å²) in [4.78, 5) is 26.2. The molecule has 0 fully saturated rings. The van der Waals surface area contributed by atoms with Crippen molar-refractivity contribution in [2.24, 2.45) is 0 Å². The van der Waals surface area contributed by atoms with Gasteiger partial charge >= 0.3 is 0 Å². The highest BCUT2D eigenvalue weighted by molar-refractivity contribution is 6.11. The molecule has 4 aromatic heterocycles. The van der Waals surface area contributed by atoms with E-state index in [0.717, 1.165) is 99.5 Å². The molecule has 5 heterocycles. The quantitative estimate of drug-likeness (QED) is 0.166. The Labute approximate surface area is 384 Å². The molecule has 1 atom stereocenters. The van der Waals surface area contributed by atoms with Gasteiger partial charge in [-0.05, 0) is 72.2 Å². The Hall–Kier alpha value is -9.01. The van der Waals surface area contributed by atoms with E-state index in [1.165, 1.54) is 0 Å². The molecule has 1 aliphatic heterocycles. The molecule has 0 saturated carbocycles. The van der Waals surface area contributed by atoms with Crippen LogP contribution in [-0.2, 0) is 5.41 Å². The van der Waals surface area contributed by atoms with Crippen LogP contribution in [0.3, 0.4) is 0 Å². The van der Waals surface area contributed by atoms with Crippen molar-refractivity contribution in [1.82, 2.24) is 34.1 Å². The molecule has 14 rings (SSSR count). The molecule has 1 aliphatic carbocycles. The molecule has 8 heteroatoms. The van der Waals surface area contributed by atoms with Crippen molar-refractivity contribution in [2.45, 2.75) is 11.8 Å². The largest absolute Gasteiger partial charge is 0.460 e. The standard InChI is InChI=1S/C59H37N7O/c1-3-17-37(18-4-1)55-62-56(38-19-5-2-6-20-38)64-58(63-55)66-50-28-14-10-23-43(50)45-35-39(30-32-51(45)66)40-31-33-52-46(36-40)59(34-16-15-29-53(59)67-52)54-44-24-7-11-25-47(44)60-57(61-54)65-48-26-12-8-21-41(48)42-22-9-13-27-49(42)65/h1-33,35-36H,34H2. The fourth-order valence-electron chi connectivity index (χ4n) is 10.5. The zero-order valence-electron chi connectivity index (χ0n) is 36.0. The number of hydrogen-bond donors (Lipinski definition) is 0. The van der Waals surface area contributed by atoms with E-state index in [0.29, 0.717) is 30.0 Å². The maximum Gasteiger partial charge on any atom is 0.238 e. The third-order valence-electron chi connectivity index (χ3n) is 13.6. The van der Waals surface area contributed by atoms with E-state index >= 15 is 0 Å². The van der Waals surface area contributed by atoms with Crippen molar-refractivity contribution < 1.29 is 4.74 Å². The second-order valence-corrected chi connectivity index (χ2v) is 17.2. The topological polar surface area (TPSA) is 83.5 Å². The zero-order valence-corrected chi connectivity index (χ0v) is 36.0. The molecule has 1 unspecified atom stereocenters. The summed E-state index contributed by atoms with van der Waals surface area (Å²) < 4.78 is 11.2. The smallest absolute Gasteiger partial charge is 0.238 e. The molecule has 0 amide bonds. The maximum absolute atomic E-state index is 6.86. The molecule has 0 bridgehead atoms. The van der Waals surface area contributed by atoms with Crippen LogP contribution in [0.25, 0.3) is 100 Å². The van der Waals surface area contributed by atoms with Crippen LogP contribution in [0.15, 0.2) is 218 Å². The predicted molar refractivity (Wildman–Crippen MR) is 268 cm³/mol. The molecular formula is C59H37N7O. The number of hydrogen-bond acceptors (Lipinski definition) is 6. The minimum atomic E-state index is -0.706. The van der Waals surface area contributed by atoms with E-state index in [2.05, 4.69) is 161 Å². The van der Waals surface area contributed by atoms with Gasteiger partial charge in [-0.1, -0.05) is 158 Å². The third kappa shape index (κ3) is 5.63. The third-order valence-corrected chi connectivity index (χ3v) is 13.6. The SMILES string of the molecule is C1=CCC2(c3nc(-n4c5ccccc5c5ccccc54)nc4ccccc34)C(=C1)Oc1ccc(-c3ccc4c(c3)c3ccccc3n4-c3nc(-c4ccccc4)nc(-c4ccccc4)n3)cc12. The summed E-state index contributed by atoms with van der Waals surface area (Å²) in [5.74, 6) is 4.11. The summed E-state index contributed by atoms with van der Waals surface area (Å²) >= 11 is 0. The van der Waals surface area contributed by atoms with Gasteiger partial charge in [-0.2, -0.15) is 9.97 Å². The Bertz CT molecular complexity index is 3950. The number of benzene rings is 8.